The van der Waals surface area contributed by atoms with Crippen molar-refractivity contribution in [3.05, 3.63) is 0 Å². The fourth-order valence-electron chi connectivity index (χ4n) is 2.63. The fraction of sp³-hybridized carbons (Fsp3) is 1.00. The second-order valence-electron chi connectivity index (χ2n) is 5.97. The fourth-order valence-corrected chi connectivity index (χ4v) is 2.63. The minimum atomic E-state index is -5.17. The van der Waals surface area contributed by atoms with Gasteiger partial charge in [0.15, 0.2) is 6.29 Å². The van der Waals surface area contributed by atoms with Crippen molar-refractivity contribution in [1.82, 2.24) is 0 Å². The van der Waals surface area contributed by atoms with Gasteiger partial charge in [-0.1, -0.05) is 0 Å². The zero-order valence-corrected chi connectivity index (χ0v) is 17.8. The van der Waals surface area contributed by atoms with Gasteiger partial charge in [0.1, 0.15) is 49.3 Å². The normalized spacial score (nSPS) is 42.6. The molecule has 2 aliphatic rings. The second kappa shape index (κ2) is 12.1. The molecular formula is C12H22CaO15S. The zero-order valence-electron chi connectivity index (χ0n) is 14.8. The van der Waals surface area contributed by atoms with Crippen LogP contribution in [0.4, 0.5) is 0 Å². The van der Waals surface area contributed by atoms with Crippen LogP contribution in [0.3, 0.4) is 0 Å². The molecule has 0 saturated carbocycles. The van der Waals surface area contributed by atoms with E-state index in [1.807, 2.05) is 0 Å². The minimum absolute atomic E-state index is 0. The van der Waals surface area contributed by atoms with Gasteiger partial charge in [0.2, 0.25) is 5.79 Å². The van der Waals surface area contributed by atoms with Crippen molar-refractivity contribution in [1.29, 1.82) is 0 Å². The predicted molar refractivity (Wildman–Crippen MR) is 84.9 cm³/mol. The van der Waals surface area contributed by atoms with Crippen LogP contribution in [0.2, 0.25) is 0 Å². The van der Waals surface area contributed by atoms with Crippen molar-refractivity contribution in [2.45, 2.75) is 54.8 Å². The summed E-state index contributed by atoms with van der Waals surface area (Å²) >= 11 is 0. The minimum Gasteiger partial charge on any atom is -0.759 e. The van der Waals surface area contributed by atoms with E-state index < -0.39 is 85.0 Å². The molecule has 0 unspecified atom stereocenters. The van der Waals surface area contributed by atoms with E-state index in [1.54, 1.807) is 0 Å². The summed E-state index contributed by atoms with van der Waals surface area (Å²) in [6.45, 7) is -2.32. The van der Waals surface area contributed by atoms with E-state index in [0.717, 1.165) is 0 Å². The Balaban J connectivity index is 0.00000117. The van der Waals surface area contributed by atoms with Crippen LogP contribution in [0, 0.1) is 0 Å². The number of ether oxygens (including phenoxy) is 3. The summed E-state index contributed by atoms with van der Waals surface area (Å²) in [5.41, 5.74) is 0. The average Bonchev–Trinajstić information content (AvgIpc) is 2.86. The van der Waals surface area contributed by atoms with E-state index in [-0.39, 0.29) is 37.7 Å². The Morgan fingerprint density at radius 3 is 1.72 bits per heavy atom. The Morgan fingerprint density at radius 1 is 0.862 bits per heavy atom. The van der Waals surface area contributed by atoms with E-state index in [9.17, 15) is 30.6 Å². The van der Waals surface area contributed by atoms with Crippen LogP contribution in [0.25, 0.3) is 0 Å². The number of hydrogen-bond donors (Lipinski definition) is 8. The second-order valence-corrected chi connectivity index (χ2v) is 6.78. The molecule has 0 aromatic rings. The maximum absolute atomic E-state index is 10.00. The van der Waals surface area contributed by atoms with Crippen molar-refractivity contribution in [3.63, 3.8) is 0 Å². The van der Waals surface area contributed by atoms with Crippen molar-refractivity contribution in [3.8, 4) is 0 Å². The van der Waals surface area contributed by atoms with Crippen molar-refractivity contribution in [2.75, 3.05) is 19.8 Å². The van der Waals surface area contributed by atoms with Crippen LogP contribution in [-0.2, 0) is 24.6 Å². The molecular weight excluding hydrogens is 456 g/mol. The van der Waals surface area contributed by atoms with Crippen molar-refractivity contribution < 1.29 is 72.6 Å². The van der Waals surface area contributed by atoms with Gasteiger partial charge in [-0.15, -0.1) is 0 Å². The maximum atomic E-state index is 10.00. The summed E-state index contributed by atoms with van der Waals surface area (Å²) in [5, 5.41) is 76.7. The summed E-state index contributed by atoms with van der Waals surface area (Å²) in [4.78, 5) is 0. The number of rotatable bonds is 5. The van der Waals surface area contributed by atoms with Crippen LogP contribution in [0.5, 0.6) is 0 Å². The van der Waals surface area contributed by atoms with Gasteiger partial charge in [-0.05, 0) is 0 Å². The molecule has 15 nitrogen and oxygen atoms in total. The Bertz CT molecular complexity index is 582. The zero-order chi connectivity index (χ0) is 21.9. The predicted octanol–water partition coefficient (Wildman–Crippen LogP) is -7.11. The van der Waals surface area contributed by atoms with Gasteiger partial charge >= 0.3 is 37.7 Å². The van der Waals surface area contributed by atoms with E-state index in [4.69, 9.17) is 41.9 Å². The molecule has 0 amide bonds. The van der Waals surface area contributed by atoms with Gasteiger partial charge in [-0.3, -0.25) is 8.42 Å². The van der Waals surface area contributed by atoms with Gasteiger partial charge in [-0.25, -0.2) is 0 Å². The molecule has 0 aromatic carbocycles. The molecule has 0 spiro atoms. The van der Waals surface area contributed by atoms with Gasteiger partial charge in [0, 0.05) is 10.4 Å². The Kier molecular flexibility index (Phi) is 12.4. The van der Waals surface area contributed by atoms with E-state index in [0.29, 0.717) is 0 Å². The summed E-state index contributed by atoms with van der Waals surface area (Å²) < 4.78 is 49.5. The molecule has 2 rings (SSSR count). The third-order valence-electron chi connectivity index (χ3n) is 4.07. The molecule has 0 aliphatic carbocycles. The largest absolute Gasteiger partial charge is 2.00 e. The molecule has 2 fully saturated rings. The van der Waals surface area contributed by atoms with Gasteiger partial charge < -0.3 is 64.2 Å². The van der Waals surface area contributed by atoms with Gasteiger partial charge in [-0.2, -0.15) is 0 Å². The molecule has 0 radical (unpaired) electrons. The van der Waals surface area contributed by atoms with Crippen molar-refractivity contribution >= 4 is 48.1 Å². The van der Waals surface area contributed by atoms with E-state index >= 15 is 0 Å². The SMILES string of the molecule is O=S(=O)([O-])[O-].OC[C@H]1O[C@@](CO)(O[C@H]2O[C@H](CO)[C@@H](O)[C@H](O)[C@H]2O)[C@@H](O)[C@@H]1O.[Ca+2]. The number of aliphatic hydroxyl groups excluding tert-OH is 8. The quantitative estimate of drug-likeness (QED) is 0.104. The average molecular weight is 478 g/mol. The molecule has 2 aliphatic heterocycles. The van der Waals surface area contributed by atoms with Gasteiger partial charge in [0.05, 0.1) is 13.2 Å². The Labute approximate surface area is 194 Å². The Hall–Kier alpha value is 0.690. The van der Waals surface area contributed by atoms with Crippen LogP contribution in [0.1, 0.15) is 0 Å². The molecule has 9 atom stereocenters. The first-order chi connectivity index (χ1) is 12.8. The molecule has 29 heavy (non-hydrogen) atoms. The molecule has 0 aromatic heterocycles. The monoisotopic (exact) mass is 478 g/mol. The summed E-state index contributed by atoms with van der Waals surface area (Å²) in [5.74, 6) is -2.22. The summed E-state index contributed by atoms with van der Waals surface area (Å²) in [6, 6.07) is 0. The number of hydrogen-bond acceptors (Lipinski definition) is 15. The smallest absolute Gasteiger partial charge is 0.759 e. The third kappa shape index (κ3) is 7.65. The van der Waals surface area contributed by atoms with Crippen molar-refractivity contribution in [2.24, 2.45) is 0 Å². The van der Waals surface area contributed by atoms with Crippen LogP contribution in [0.15, 0.2) is 0 Å². The summed E-state index contributed by atoms with van der Waals surface area (Å²) in [7, 11) is -5.17. The number of aliphatic hydroxyl groups is 8. The molecule has 2 heterocycles. The first-order valence-corrected chi connectivity index (χ1v) is 9.05. The third-order valence-corrected chi connectivity index (χ3v) is 4.07. The molecule has 8 N–H and O–H groups in total. The molecule has 0 bridgehead atoms. The maximum Gasteiger partial charge on any atom is 2.00 e. The van der Waals surface area contributed by atoms with Crippen LogP contribution < -0.4 is 0 Å². The Morgan fingerprint density at radius 2 is 1.34 bits per heavy atom. The standard InChI is InChI=1S/C12H22O11.Ca.H2O4S/c13-1-4-6(16)8(18)9(19)11(21-4)23-12(3-15)10(20)7(17)5(2-14)22-12;;1-5(2,3)4/h4-11,13-20H,1-3H2;;(H2,1,2,3,4)/q;+2;/p-2/t4-,5-,6-,7-,8+,9-,10+,11-,12+;;/m1../s1. The topological polar surface area (TPSA) is 270 Å². The van der Waals surface area contributed by atoms with Gasteiger partial charge in [0.25, 0.3) is 0 Å². The first-order valence-electron chi connectivity index (χ1n) is 7.72. The first kappa shape index (κ1) is 29.7. The van der Waals surface area contributed by atoms with E-state index in [1.165, 1.54) is 0 Å². The molecule has 2 saturated heterocycles. The molecule has 168 valence electrons. The van der Waals surface area contributed by atoms with Crippen LogP contribution >= 0.6 is 0 Å². The molecule has 17 heteroatoms. The summed E-state index contributed by atoms with van der Waals surface area (Å²) in [6.07, 6.45) is -12.7. The van der Waals surface area contributed by atoms with Crippen LogP contribution in [-0.4, -0.2) is 171 Å². The van der Waals surface area contributed by atoms with E-state index in [2.05, 4.69) is 0 Å².